The van der Waals surface area contributed by atoms with Crippen LogP contribution < -0.4 is 4.90 Å². The fraction of sp³-hybridized carbons (Fsp3) is 0.375. The smallest absolute Gasteiger partial charge is 0.273 e. The van der Waals surface area contributed by atoms with E-state index in [-0.39, 0.29) is 30.5 Å². The number of aromatic nitrogens is 1. The molecule has 2 aromatic carbocycles. The van der Waals surface area contributed by atoms with Crippen molar-refractivity contribution in [2.75, 3.05) is 11.5 Å². The molecular formula is C32H32N4O4. The van der Waals surface area contributed by atoms with E-state index in [1.165, 1.54) is 4.90 Å². The molecule has 0 saturated carbocycles. The zero-order chi connectivity index (χ0) is 28.0. The number of rotatable bonds is 1. The number of H-pyrrole nitrogens is 1. The molecule has 1 aromatic heterocycles. The predicted octanol–water partition coefficient (Wildman–Crippen LogP) is 3.56. The van der Waals surface area contributed by atoms with Crippen molar-refractivity contribution in [3.05, 3.63) is 83.3 Å². The molecule has 3 fully saturated rings. The van der Waals surface area contributed by atoms with Crippen molar-refractivity contribution in [1.82, 2.24) is 14.8 Å². The Hall–Kier alpha value is -3.88. The Labute approximate surface area is 232 Å². The number of amides is 2. The molecule has 40 heavy (non-hydrogen) atoms. The van der Waals surface area contributed by atoms with E-state index in [1.54, 1.807) is 11.1 Å². The maximum Gasteiger partial charge on any atom is 0.273 e. The summed E-state index contributed by atoms with van der Waals surface area (Å²) >= 11 is 0. The summed E-state index contributed by atoms with van der Waals surface area (Å²) in [6, 6.07) is 14.7. The van der Waals surface area contributed by atoms with Gasteiger partial charge in [0, 0.05) is 57.0 Å². The number of hydrogen-bond donors (Lipinski definition) is 3. The zero-order valence-corrected chi connectivity index (χ0v) is 23.0. The van der Waals surface area contributed by atoms with Crippen LogP contribution in [-0.4, -0.2) is 60.7 Å². The number of carbonyl (C=O) groups excluding carboxylic acids is 2. The number of aliphatic hydroxyl groups is 2. The van der Waals surface area contributed by atoms with Gasteiger partial charge >= 0.3 is 0 Å². The van der Waals surface area contributed by atoms with Crippen LogP contribution in [0, 0.1) is 5.92 Å². The normalized spacial score (nSPS) is 34.5. The lowest BCUT2D eigenvalue weighted by atomic mass is 9.61. The van der Waals surface area contributed by atoms with Crippen LogP contribution in [0.5, 0.6) is 0 Å². The molecule has 0 radical (unpaired) electrons. The van der Waals surface area contributed by atoms with Crippen molar-refractivity contribution in [2.45, 2.75) is 62.4 Å². The molecule has 3 aromatic rings. The largest absolute Gasteiger partial charge is 0.396 e. The summed E-state index contributed by atoms with van der Waals surface area (Å²) in [6.07, 6.45) is 5.57. The number of aliphatic hydroxyl groups excluding tert-OH is 1. The monoisotopic (exact) mass is 536 g/mol. The van der Waals surface area contributed by atoms with Crippen molar-refractivity contribution in [1.29, 1.82) is 0 Å². The van der Waals surface area contributed by atoms with E-state index in [4.69, 9.17) is 0 Å². The molecule has 1 spiro atoms. The molecule has 8 heteroatoms. The third-order valence-corrected chi connectivity index (χ3v) is 10.3. The van der Waals surface area contributed by atoms with Crippen molar-refractivity contribution in [3.8, 4) is 0 Å². The fourth-order valence-corrected chi connectivity index (χ4v) is 8.64. The van der Waals surface area contributed by atoms with Crippen LogP contribution in [0.25, 0.3) is 17.0 Å². The third kappa shape index (κ3) is 2.35. The van der Waals surface area contributed by atoms with Crippen molar-refractivity contribution in [3.63, 3.8) is 0 Å². The van der Waals surface area contributed by atoms with Gasteiger partial charge in [-0.3, -0.25) is 19.4 Å². The molecule has 3 N–H and O–H groups in total. The van der Waals surface area contributed by atoms with Gasteiger partial charge in [0.05, 0.1) is 12.5 Å². The second-order valence-corrected chi connectivity index (χ2v) is 13.0. The lowest BCUT2D eigenvalue weighted by Gasteiger charge is -2.71. The average Bonchev–Trinajstić information content (AvgIpc) is 3.48. The van der Waals surface area contributed by atoms with Crippen molar-refractivity contribution in [2.24, 2.45) is 5.92 Å². The lowest BCUT2D eigenvalue weighted by Crippen LogP contribution is -2.88. The van der Waals surface area contributed by atoms with Crippen LogP contribution in [0.15, 0.2) is 66.5 Å². The van der Waals surface area contributed by atoms with E-state index in [0.29, 0.717) is 5.56 Å². The Morgan fingerprint density at radius 2 is 1.75 bits per heavy atom. The quantitative estimate of drug-likeness (QED) is 0.442. The molecular weight excluding hydrogens is 504 g/mol. The second-order valence-electron chi connectivity index (χ2n) is 13.0. The predicted molar refractivity (Wildman–Crippen MR) is 151 cm³/mol. The van der Waals surface area contributed by atoms with E-state index in [1.807, 2.05) is 74.5 Å². The van der Waals surface area contributed by atoms with E-state index in [0.717, 1.165) is 27.8 Å². The number of aromatic amines is 1. The summed E-state index contributed by atoms with van der Waals surface area (Å²) in [5.41, 5.74) is 0.809. The first-order valence-electron chi connectivity index (χ1n) is 13.9. The first-order chi connectivity index (χ1) is 19.0. The summed E-state index contributed by atoms with van der Waals surface area (Å²) in [4.78, 5) is 37.8. The highest BCUT2D eigenvalue weighted by molar-refractivity contribution is 6.11. The highest BCUT2D eigenvalue weighted by Crippen LogP contribution is 2.72. The zero-order valence-electron chi connectivity index (χ0n) is 23.0. The molecule has 5 aliphatic heterocycles. The Balaban J connectivity index is 1.38. The number of nitrogens with zero attached hydrogens (tertiary/aromatic N) is 3. The molecule has 4 atom stereocenters. The molecule has 5 aliphatic rings. The fourth-order valence-electron chi connectivity index (χ4n) is 8.64. The number of carbonyl (C=O) groups is 2. The van der Waals surface area contributed by atoms with E-state index in [2.05, 4.69) is 23.7 Å². The maximum absolute atomic E-state index is 14.8. The summed E-state index contributed by atoms with van der Waals surface area (Å²) in [5, 5.41) is 24.3. The minimum atomic E-state index is -1.52. The van der Waals surface area contributed by atoms with Crippen molar-refractivity contribution >= 4 is 34.5 Å². The van der Waals surface area contributed by atoms with Gasteiger partial charge < -0.3 is 20.1 Å². The highest BCUT2D eigenvalue weighted by Gasteiger charge is 2.85. The van der Waals surface area contributed by atoms with Gasteiger partial charge in [-0.15, -0.1) is 0 Å². The maximum atomic E-state index is 14.8. The van der Waals surface area contributed by atoms with Crippen LogP contribution in [0.1, 0.15) is 50.9 Å². The van der Waals surface area contributed by atoms with Crippen LogP contribution >= 0.6 is 0 Å². The Kier molecular flexibility index (Phi) is 4.23. The van der Waals surface area contributed by atoms with Gasteiger partial charge in [0.15, 0.2) is 5.66 Å². The molecule has 6 heterocycles. The Bertz CT molecular complexity index is 1730. The number of para-hydroxylation sites is 2. The molecule has 0 aliphatic carbocycles. The van der Waals surface area contributed by atoms with Gasteiger partial charge in [0.1, 0.15) is 17.3 Å². The molecule has 8 nitrogen and oxygen atoms in total. The highest BCUT2D eigenvalue weighted by atomic mass is 16.3. The number of benzene rings is 2. The van der Waals surface area contributed by atoms with Crippen molar-refractivity contribution < 1.29 is 19.8 Å². The van der Waals surface area contributed by atoms with Crippen LogP contribution in [0.3, 0.4) is 0 Å². The van der Waals surface area contributed by atoms with E-state index >= 15 is 0 Å². The molecule has 2 amide bonds. The summed E-state index contributed by atoms with van der Waals surface area (Å²) < 4.78 is 0. The van der Waals surface area contributed by atoms with E-state index in [9.17, 15) is 19.8 Å². The lowest BCUT2D eigenvalue weighted by molar-refractivity contribution is -0.190. The first kappa shape index (κ1) is 24.0. The van der Waals surface area contributed by atoms with Gasteiger partial charge in [0.25, 0.3) is 11.8 Å². The van der Waals surface area contributed by atoms with Gasteiger partial charge in [-0.25, -0.2) is 0 Å². The minimum absolute atomic E-state index is 0.0665. The standard InChI is InChI=1S/C32H32N4O4/c1-29(2)13-14-34-23(15-19-18-9-5-7-11-21(18)33-26(19)29)28(39)35-24(27(34)38)16-31(40)20-10-6-8-12-22(20)36-30(3,4)25(17-37)32(31,35)36/h5-15,24-25,33,37,40H,16-17H2,1-4H3/b14-13-,23-15-/t24-,25?,31-,32-/m0/s1. The minimum Gasteiger partial charge on any atom is -0.396 e. The first-order valence-corrected chi connectivity index (χ1v) is 13.9. The van der Waals surface area contributed by atoms with Gasteiger partial charge in [-0.1, -0.05) is 56.3 Å². The number of allylic oxidation sites excluding steroid dienone is 1. The number of nitrogens with one attached hydrogen (secondary N) is 1. The summed E-state index contributed by atoms with van der Waals surface area (Å²) in [6.45, 7) is 7.98. The number of piperazine rings is 1. The Morgan fingerprint density at radius 3 is 2.52 bits per heavy atom. The topological polar surface area (TPSA) is 100 Å². The molecule has 1 unspecified atom stereocenters. The molecule has 3 saturated heterocycles. The Morgan fingerprint density at radius 1 is 1.02 bits per heavy atom. The molecule has 0 bridgehead atoms. The van der Waals surface area contributed by atoms with E-state index < -0.39 is 34.2 Å². The van der Waals surface area contributed by atoms with Gasteiger partial charge in [0.2, 0.25) is 0 Å². The number of anilines is 1. The van der Waals surface area contributed by atoms with Gasteiger partial charge in [-0.05, 0) is 32.1 Å². The van der Waals surface area contributed by atoms with Crippen LogP contribution in [0.2, 0.25) is 0 Å². The summed E-state index contributed by atoms with van der Waals surface area (Å²) in [7, 11) is 0. The number of fused-ring (bicyclic) bond motifs is 8. The average molecular weight is 537 g/mol. The van der Waals surface area contributed by atoms with Crippen LogP contribution in [-0.2, 0) is 20.6 Å². The third-order valence-electron chi connectivity index (χ3n) is 10.3. The second kappa shape index (κ2) is 7.06. The summed E-state index contributed by atoms with van der Waals surface area (Å²) in [5.74, 6) is -1.05. The molecule has 8 rings (SSSR count). The van der Waals surface area contributed by atoms with Gasteiger partial charge in [-0.2, -0.15) is 0 Å². The SMILES string of the molecule is CC1(C)/C=C\N2C(=O)[C@@H]3C[C@]4(O)c5ccccc5N5C(C)(C)C(CO)[C@]54N3C(=O)/C2=C/c2c1[nH]c1ccccc21. The number of hydrogen-bond acceptors (Lipinski definition) is 5. The molecule has 204 valence electrons. The van der Waals surface area contributed by atoms with Crippen LogP contribution in [0.4, 0.5) is 5.69 Å².